The average molecular weight is 243 g/mol. The van der Waals surface area contributed by atoms with Crippen LogP contribution < -0.4 is 5.32 Å². The van der Waals surface area contributed by atoms with Crippen molar-refractivity contribution >= 4 is 11.0 Å². The van der Waals surface area contributed by atoms with E-state index in [1.165, 1.54) is 11.1 Å². The first kappa shape index (κ1) is 12.8. The highest BCUT2D eigenvalue weighted by Gasteiger charge is 2.09. The third-order valence-corrected chi connectivity index (χ3v) is 3.02. The van der Waals surface area contributed by atoms with E-state index >= 15 is 0 Å². The van der Waals surface area contributed by atoms with Crippen LogP contribution in [0.25, 0.3) is 11.0 Å². The molecule has 96 valence electrons. The van der Waals surface area contributed by atoms with Gasteiger partial charge in [-0.3, -0.25) is 0 Å². The Morgan fingerprint density at radius 3 is 2.89 bits per heavy atom. The molecule has 0 atom stereocenters. The second-order valence-corrected chi connectivity index (χ2v) is 4.63. The largest absolute Gasteiger partial charge is 0.324 e. The van der Waals surface area contributed by atoms with Gasteiger partial charge in [0.25, 0.3) is 0 Å². The topological polar surface area (TPSA) is 29.9 Å². The molecule has 0 spiro atoms. The predicted molar refractivity (Wildman–Crippen MR) is 76.8 cm³/mol. The Hall–Kier alpha value is -1.61. The number of likely N-dealkylation sites (N-methyl/N-ethyl adjacent to an activating group) is 1. The number of aromatic nitrogens is 2. The van der Waals surface area contributed by atoms with Gasteiger partial charge in [-0.05, 0) is 31.2 Å². The van der Waals surface area contributed by atoms with Gasteiger partial charge in [0.1, 0.15) is 5.82 Å². The molecule has 1 aromatic carbocycles. The number of hydrogen-bond donors (Lipinski definition) is 1. The molecule has 3 heteroatoms. The molecule has 0 aliphatic heterocycles. The van der Waals surface area contributed by atoms with Crippen molar-refractivity contribution < 1.29 is 0 Å². The SMILES string of the molecule is C=C(CNC)Cn1c(CCC)nc2ccccc21. The summed E-state index contributed by atoms with van der Waals surface area (Å²) in [6.45, 7) is 7.99. The Morgan fingerprint density at radius 2 is 2.17 bits per heavy atom. The molecule has 0 saturated heterocycles. The smallest absolute Gasteiger partial charge is 0.110 e. The van der Waals surface area contributed by atoms with Crippen LogP contribution >= 0.6 is 0 Å². The van der Waals surface area contributed by atoms with Crippen LogP contribution in [-0.4, -0.2) is 23.1 Å². The number of hydrogen-bond acceptors (Lipinski definition) is 2. The van der Waals surface area contributed by atoms with Gasteiger partial charge >= 0.3 is 0 Å². The molecule has 0 unspecified atom stereocenters. The van der Waals surface area contributed by atoms with E-state index in [1.807, 2.05) is 13.1 Å². The van der Waals surface area contributed by atoms with Gasteiger partial charge in [0.05, 0.1) is 11.0 Å². The zero-order valence-electron chi connectivity index (χ0n) is 11.2. The van der Waals surface area contributed by atoms with Crippen molar-refractivity contribution in [3.63, 3.8) is 0 Å². The second-order valence-electron chi connectivity index (χ2n) is 4.63. The first-order valence-corrected chi connectivity index (χ1v) is 6.51. The average Bonchev–Trinajstić information content (AvgIpc) is 2.69. The van der Waals surface area contributed by atoms with Gasteiger partial charge in [0, 0.05) is 19.5 Å². The van der Waals surface area contributed by atoms with Crippen molar-refractivity contribution in [2.75, 3.05) is 13.6 Å². The van der Waals surface area contributed by atoms with Gasteiger partial charge < -0.3 is 9.88 Å². The van der Waals surface area contributed by atoms with Gasteiger partial charge in [-0.1, -0.05) is 25.6 Å². The second kappa shape index (κ2) is 5.83. The normalized spacial score (nSPS) is 11.0. The van der Waals surface area contributed by atoms with Crippen LogP contribution in [0.1, 0.15) is 19.2 Å². The van der Waals surface area contributed by atoms with E-state index in [0.29, 0.717) is 0 Å². The fraction of sp³-hybridized carbons (Fsp3) is 0.400. The number of para-hydroxylation sites is 2. The van der Waals surface area contributed by atoms with Crippen molar-refractivity contribution in [1.29, 1.82) is 0 Å². The molecule has 2 rings (SSSR count). The minimum absolute atomic E-state index is 0.844. The zero-order valence-corrected chi connectivity index (χ0v) is 11.2. The fourth-order valence-corrected chi connectivity index (χ4v) is 2.25. The summed E-state index contributed by atoms with van der Waals surface area (Å²) in [4.78, 5) is 4.72. The molecule has 1 heterocycles. The van der Waals surface area contributed by atoms with Crippen LogP contribution in [0, 0.1) is 0 Å². The number of rotatable bonds is 6. The lowest BCUT2D eigenvalue weighted by atomic mass is 10.2. The minimum atomic E-state index is 0.844. The van der Waals surface area contributed by atoms with Gasteiger partial charge in [-0.25, -0.2) is 4.98 Å². The third-order valence-electron chi connectivity index (χ3n) is 3.02. The molecule has 0 radical (unpaired) electrons. The van der Waals surface area contributed by atoms with E-state index in [2.05, 4.69) is 41.6 Å². The highest BCUT2D eigenvalue weighted by atomic mass is 15.1. The first-order valence-electron chi connectivity index (χ1n) is 6.51. The summed E-state index contributed by atoms with van der Waals surface area (Å²) in [5, 5.41) is 3.15. The summed E-state index contributed by atoms with van der Waals surface area (Å²) in [5.74, 6) is 1.16. The van der Waals surface area contributed by atoms with Crippen molar-refractivity contribution in [1.82, 2.24) is 14.9 Å². The summed E-state index contributed by atoms with van der Waals surface area (Å²) in [7, 11) is 1.95. The molecule has 0 saturated carbocycles. The molecular formula is C15H21N3. The molecular weight excluding hydrogens is 222 g/mol. The van der Waals surface area contributed by atoms with Gasteiger partial charge in [-0.15, -0.1) is 0 Å². The summed E-state index contributed by atoms with van der Waals surface area (Å²) in [6, 6.07) is 8.31. The van der Waals surface area contributed by atoms with Gasteiger partial charge in [-0.2, -0.15) is 0 Å². The Kier molecular flexibility index (Phi) is 4.15. The predicted octanol–water partition coefficient (Wildman–Crippen LogP) is 2.76. The third kappa shape index (κ3) is 2.62. The molecule has 0 fully saturated rings. The number of benzene rings is 1. The van der Waals surface area contributed by atoms with Crippen molar-refractivity contribution in [2.24, 2.45) is 0 Å². The summed E-state index contributed by atoms with van der Waals surface area (Å²) >= 11 is 0. The minimum Gasteiger partial charge on any atom is -0.324 e. The highest BCUT2D eigenvalue weighted by Crippen LogP contribution is 2.18. The van der Waals surface area contributed by atoms with Gasteiger partial charge in [0.15, 0.2) is 0 Å². The zero-order chi connectivity index (χ0) is 13.0. The van der Waals surface area contributed by atoms with Crippen molar-refractivity contribution in [3.8, 4) is 0 Å². The maximum Gasteiger partial charge on any atom is 0.110 e. The van der Waals surface area contributed by atoms with Crippen molar-refractivity contribution in [2.45, 2.75) is 26.3 Å². The summed E-state index contributed by atoms with van der Waals surface area (Å²) in [5.41, 5.74) is 3.47. The quantitative estimate of drug-likeness (QED) is 0.791. The summed E-state index contributed by atoms with van der Waals surface area (Å²) < 4.78 is 2.29. The number of nitrogens with zero attached hydrogens (tertiary/aromatic N) is 2. The Balaban J connectivity index is 2.38. The van der Waals surface area contributed by atoms with Crippen LogP contribution in [0.3, 0.4) is 0 Å². The van der Waals surface area contributed by atoms with E-state index in [-0.39, 0.29) is 0 Å². The number of aryl methyl sites for hydroxylation is 1. The van der Waals surface area contributed by atoms with Crippen LogP contribution in [-0.2, 0) is 13.0 Å². The standard InChI is InChI=1S/C15H21N3/c1-4-7-15-17-13-8-5-6-9-14(13)18(15)11-12(2)10-16-3/h5-6,8-9,16H,2,4,7,10-11H2,1,3H3. The summed E-state index contributed by atoms with van der Waals surface area (Å²) in [6.07, 6.45) is 2.13. The maximum absolute atomic E-state index is 4.72. The number of nitrogens with one attached hydrogen (secondary N) is 1. The van der Waals surface area contributed by atoms with Crippen LogP contribution in [0.2, 0.25) is 0 Å². The number of fused-ring (bicyclic) bond motifs is 1. The Labute approximate surface area is 109 Å². The van der Waals surface area contributed by atoms with E-state index in [9.17, 15) is 0 Å². The Morgan fingerprint density at radius 1 is 1.39 bits per heavy atom. The Bertz CT molecular complexity index is 540. The lowest BCUT2D eigenvalue weighted by Crippen LogP contribution is -2.15. The first-order chi connectivity index (χ1) is 8.76. The van der Waals surface area contributed by atoms with E-state index in [0.717, 1.165) is 37.3 Å². The monoisotopic (exact) mass is 243 g/mol. The maximum atomic E-state index is 4.72. The molecule has 0 amide bonds. The van der Waals surface area contributed by atoms with E-state index in [1.54, 1.807) is 0 Å². The van der Waals surface area contributed by atoms with E-state index in [4.69, 9.17) is 4.98 Å². The molecule has 1 N–H and O–H groups in total. The number of imidazole rings is 1. The molecule has 1 aromatic heterocycles. The molecule has 0 bridgehead atoms. The molecule has 0 aliphatic rings. The fourth-order valence-electron chi connectivity index (χ4n) is 2.25. The van der Waals surface area contributed by atoms with Gasteiger partial charge in [0.2, 0.25) is 0 Å². The molecule has 3 nitrogen and oxygen atoms in total. The lowest BCUT2D eigenvalue weighted by molar-refractivity contribution is 0.693. The van der Waals surface area contributed by atoms with Crippen LogP contribution in [0.15, 0.2) is 36.4 Å². The van der Waals surface area contributed by atoms with Crippen LogP contribution in [0.5, 0.6) is 0 Å². The molecule has 18 heavy (non-hydrogen) atoms. The van der Waals surface area contributed by atoms with Crippen molar-refractivity contribution in [3.05, 3.63) is 42.2 Å². The molecule has 0 aliphatic carbocycles. The highest BCUT2D eigenvalue weighted by molar-refractivity contribution is 5.76. The van der Waals surface area contributed by atoms with E-state index < -0.39 is 0 Å². The van der Waals surface area contributed by atoms with Crippen LogP contribution in [0.4, 0.5) is 0 Å². The molecule has 2 aromatic rings. The lowest BCUT2D eigenvalue weighted by Gasteiger charge is -2.10.